The van der Waals surface area contributed by atoms with E-state index in [-0.39, 0.29) is 5.75 Å². The Hall–Kier alpha value is -1.57. The van der Waals surface area contributed by atoms with Gasteiger partial charge in [-0.3, -0.25) is 0 Å². The fraction of sp³-hybridized carbons (Fsp3) is 0.231. The van der Waals surface area contributed by atoms with E-state index in [4.69, 9.17) is 4.74 Å². The number of nitrogens with one attached hydrogen (secondary N) is 1. The Morgan fingerprint density at radius 3 is 2.89 bits per heavy atom. The number of anilines is 1. The fourth-order valence-electron chi connectivity index (χ4n) is 1.61. The summed E-state index contributed by atoms with van der Waals surface area (Å²) < 4.78 is 6.31. The van der Waals surface area contributed by atoms with Crippen molar-refractivity contribution >= 4 is 28.4 Å². The van der Waals surface area contributed by atoms with Crippen LogP contribution in [-0.2, 0) is 0 Å². The molecule has 1 heterocycles. The minimum Gasteiger partial charge on any atom is -0.504 e. The zero-order valence-electron chi connectivity index (χ0n) is 10.6. The van der Waals surface area contributed by atoms with E-state index in [1.807, 2.05) is 14.0 Å². The molecule has 5 nitrogen and oxygen atoms in total. The summed E-state index contributed by atoms with van der Waals surface area (Å²) in [7, 11) is 1.82. The van der Waals surface area contributed by atoms with E-state index < -0.39 is 0 Å². The summed E-state index contributed by atoms with van der Waals surface area (Å²) in [4.78, 5) is 8.72. The summed E-state index contributed by atoms with van der Waals surface area (Å²) in [6.45, 7) is 2.36. The average Bonchev–Trinajstić information content (AvgIpc) is 2.42. The van der Waals surface area contributed by atoms with Crippen molar-refractivity contribution in [1.29, 1.82) is 0 Å². The zero-order chi connectivity index (χ0) is 13.8. The minimum absolute atomic E-state index is 0.116. The van der Waals surface area contributed by atoms with E-state index in [0.29, 0.717) is 18.2 Å². The lowest BCUT2D eigenvalue weighted by Crippen LogP contribution is -1.99. The largest absolute Gasteiger partial charge is 0.504 e. The van der Waals surface area contributed by atoms with Gasteiger partial charge < -0.3 is 15.2 Å². The minimum atomic E-state index is 0.116. The first-order valence-corrected chi connectivity index (χ1v) is 6.90. The number of phenols is 1. The number of aromatic hydroxyl groups is 1. The number of phenolic OH excluding ortho intramolecular Hbond substituents is 1. The highest BCUT2D eigenvalue weighted by atomic mass is 127. The SMILES string of the molecule is CCOc1cc(-c2ncc(I)c(NC)n2)ccc1O. The van der Waals surface area contributed by atoms with Gasteiger partial charge in [0.2, 0.25) is 0 Å². The third-order valence-corrected chi connectivity index (χ3v) is 3.29. The lowest BCUT2D eigenvalue weighted by atomic mass is 10.2. The average molecular weight is 371 g/mol. The van der Waals surface area contributed by atoms with Gasteiger partial charge in [0, 0.05) is 18.8 Å². The van der Waals surface area contributed by atoms with Crippen molar-refractivity contribution in [3.8, 4) is 22.9 Å². The Kier molecular flexibility index (Phi) is 4.41. The monoisotopic (exact) mass is 371 g/mol. The molecule has 0 radical (unpaired) electrons. The van der Waals surface area contributed by atoms with Crippen LogP contribution in [0.25, 0.3) is 11.4 Å². The molecular formula is C13H14IN3O2. The summed E-state index contributed by atoms with van der Waals surface area (Å²) in [5, 5.41) is 12.7. The third kappa shape index (κ3) is 3.06. The van der Waals surface area contributed by atoms with Crippen LogP contribution < -0.4 is 10.1 Å². The number of hydrogen-bond acceptors (Lipinski definition) is 5. The summed E-state index contributed by atoms with van der Waals surface area (Å²) in [5.74, 6) is 1.92. The van der Waals surface area contributed by atoms with Crippen molar-refractivity contribution in [3.63, 3.8) is 0 Å². The van der Waals surface area contributed by atoms with E-state index in [1.165, 1.54) is 0 Å². The van der Waals surface area contributed by atoms with E-state index >= 15 is 0 Å². The van der Waals surface area contributed by atoms with E-state index in [2.05, 4.69) is 37.9 Å². The standard InChI is InChI=1S/C13H14IN3O2/c1-3-19-11-6-8(4-5-10(11)18)12-16-7-9(14)13(15-2)17-12/h4-7,18H,3H2,1-2H3,(H,15,16,17). The van der Waals surface area contributed by atoms with Crippen molar-refractivity contribution in [2.45, 2.75) is 6.92 Å². The quantitative estimate of drug-likeness (QED) is 0.810. The second-order valence-corrected chi connectivity index (χ2v) is 4.92. The van der Waals surface area contributed by atoms with Crippen LogP contribution in [0.4, 0.5) is 5.82 Å². The molecule has 2 rings (SSSR count). The number of halogens is 1. The molecule has 0 aliphatic heterocycles. The number of benzene rings is 1. The van der Waals surface area contributed by atoms with Gasteiger partial charge in [0.25, 0.3) is 0 Å². The van der Waals surface area contributed by atoms with Gasteiger partial charge in [-0.2, -0.15) is 0 Å². The first-order chi connectivity index (χ1) is 9.15. The van der Waals surface area contributed by atoms with Crippen LogP contribution in [0.3, 0.4) is 0 Å². The van der Waals surface area contributed by atoms with Gasteiger partial charge in [-0.25, -0.2) is 9.97 Å². The first kappa shape index (κ1) is 13.9. The van der Waals surface area contributed by atoms with E-state index in [1.54, 1.807) is 24.4 Å². The predicted molar refractivity (Wildman–Crippen MR) is 82.6 cm³/mol. The Balaban J connectivity index is 2.44. The number of aromatic nitrogens is 2. The highest BCUT2D eigenvalue weighted by molar-refractivity contribution is 14.1. The van der Waals surface area contributed by atoms with Gasteiger partial charge in [-0.1, -0.05) is 0 Å². The Bertz CT molecular complexity index is 590. The van der Waals surface area contributed by atoms with Gasteiger partial charge in [-0.15, -0.1) is 0 Å². The molecule has 0 bridgehead atoms. The summed E-state index contributed by atoms with van der Waals surface area (Å²) in [5.41, 5.74) is 0.800. The molecule has 19 heavy (non-hydrogen) atoms. The highest BCUT2D eigenvalue weighted by Gasteiger charge is 2.09. The van der Waals surface area contributed by atoms with Crippen LogP contribution in [0.5, 0.6) is 11.5 Å². The normalized spacial score (nSPS) is 10.3. The second-order valence-electron chi connectivity index (χ2n) is 3.76. The Morgan fingerprint density at radius 2 is 2.21 bits per heavy atom. The van der Waals surface area contributed by atoms with E-state index in [0.717, 1.165) is 15.0 Å². The molecule has 0 saturated carbocycles. The van der Waals surface area contributed by atoms with Crippen LogP contribution in [0.1, 0.15) is 6.92 Å². The maximum absolute atomic E-state index is 9.68. The van der Waals surface area contributed by atoms with Gasteiger partial charge in [-0.05, 0) is 47.7 Å². The van der Waals surface area contributed by atoms with Crippen molar-refractivity contribution in [2.24, 2.45) is 0 Å². The molecule has 0 fully saturated rings. The van der Waals surface area contributed by atoms with Crippen molar-refractivity contribution in [3.05, 3.63) is 28.0 Å². The number of hydrogen-bond donors (Lipinski definition) is 2. The van der Waals surface area contributed by atoms with Gasteiger partial charge in [0.15, 0.2) is 17.3 Å². The van der Waals surface area contributed by atoms with Crippen molar-refractivity contribution in [2.75, 3.05) is 19.0 Å². The molecule has 100 valence electrons. The lowest BCUT2D eigenvalue weighted by Gasteiger charge is -2.09. The summed E-state index contributed by atoms with van der Waals surface area (Å²) in [6, 6.07) is 5.08. The zero-order valence-corrected chi connectivity index (χ0v) is 12.8. The molecule has 2 N–H and O–H groups in total. The molecule has 0 atom stereocenters. The molecule has 1 aromatic heterocycles. The highest BCUT2D eigenvalue weighted by Crippen LogP contribution is 2.31. The lowest BCUT2D eigenvalue weighted by molar-refractivity contribution is 0.318. The van der Waals surface area contributed by atoms with Crippen LogP contribution in [0, 0.1) is 3.57 Å². The molecule has 6 heteroatoms. The van der Waals surface area contributed by atoms with Gasteiger partial charge >= 0.3 is 0 Å². The topological polar surface area (TPSA) is 67.3 Å². The molecule has 0 aliphatic rings. The van der Waals surface area contributed by atoms with Crippen molar-refractivity contribution in [1.82, 2.24) is 9.97 Å². The third-order valence-electron chi connectivity index (χ3n) is 2.50. The van der Waals surface area contributed by atoms with Gasteiger partial charge in [0.05, 0.1) is 10.2 Å². The van der Waals surface area contributed by atoms with Crippen LogP contribution >= 0.6 is 22.6 Å². The maximum Gasteiger partial charge on any atom is 0.161 e. The van der Waals surface area contributed by atoms with E-state index in [9.17, 15) is 5.11 Å². The molecule has 0 spiro atoms. The molecule has 1 aromatic carbocycles. The number of nitrogens with zero attached hydrogens (tertiary/aromatic N) is 2. The van der Waals surface area contributed by atoms with Gasteiger partial charge in [0.1, 0.15) is 5.82 Å². The Morgan fingerprint density at radius 1 is 1.42 bits per heavy atom. The van der Waals surface area contributed by atoms with Crippen LogP contribution in [0.15, 0.2) is 24.4 Å². The second kappa shape index (κ2) is 6.05. The number of rotatable bonds is 4. The van der Waals surface area contributed by atoms with Crippen LogP contribution in [-0.4, -0.2) is 28.7 Å². The number of ether oxygens (including phenoxy) is 1. The molecule has 2 aromatic rings. The van der Waals surface area contributed by atoms with Crippen LogP contribution in [0.2, 0.25) is 0 Å². The summed E-state index contributed by atoms with van der Waals surface area (Å²) in [6.07, 6.45) is 1.75. The molecule has 0 saturated heterocycles. The molecule has 0 aliphatic carbocycles. The Labute approximate surface area is 125 Å². The fourth-order valence-corrected chi connectivity index (χ4v) is 2.14. The molecule has 0 unspecified atom stereocenters. The first-order valence-electron chi connectivity index (χ1n) is 5.82. The smallest absolute Gasteiger partial charge is 0.161 e. The maximum atomic E-state index is 9.68. The predicted octanol–water partition coefficient (Wildman–Crippen LogP) is 2.89. The molecule has 0 amide bonds. The van der Waals surface area contributed by atoms with Crippen molar-refractivity contribution < 1.29 is 9.84 Å². The summed E-state index contributed by atoms with van der Waals surface area (Å²) >= 11 is 2.17. The molecular weight excluding hydrogens is 357 g/mol.